The Morgan fingerprint density at radius 1 is 1.10 bits per heavy atom. The van der Waals surface area contributed by atoms with E-state index in [1.54, 1.807) is 16.4 Å². The van der Waals surface area contributed by atoms with Crippen LogP contribution < -0.4 is 0 Å². The summed E-state index contributed by atoms with van der Waals surface area (Å²) in [4.78, 5) is 0.415. The minimum absolute atomic E-state index is 0.415. The molecule has 2 aliphatic rings. The van der Waals surface area contributed by atoms with E-state index in [1.165, 1.54) is 17.6 Å². The van der Waals surface area contributed by atoms with Crippen LogP contribution in [0.15, 0.2) is 40.3 Å². The Kier molecular flexibility index (Phi) is 3.46. The first-order valence-electron chi connectivity index (χ1n) is 7.24. The van der Waals surface area contributed by atoms with Crippen molar-refractivity contribution in [1.29, 1.82) is 0 Å². The molecule has 0 N–H and O–H groups in total. The molecule has 1 aromatic rings. The molecule has 1 fully saturated rings. The zero-order valence-electron chi connectivity index (χ0n) is 12.1. The molecule has 3 nitrogen and oxygen atoms in total. The summed E-state index contributed by atoms with van der Waals surface area (Å²) in [5, 5.41) is 0. The van der Waals surface area contributed by atoms with E-state index in [1.807, 2.05) is 19.1 Å². The third kappa shape index (κ3) is 2.31. The van der Waals surface area contributed by atoms with Crippen LogP contribution in [0.5, 0.6) is 0 Å². The fourth-order valence-electron chi connectivity index (χ4n) is 3.29. The molecule has 0 bridgehead atoms. The highest BCUT2D eigenvalue weighted by Gasteiger charge is 2.34. The van der Waals surface area contributed by atoms with Crippen molar-refractivity contribution in [1.82, 2.24) is 4.31 Å². The van der Waals surface area contributed by atoms with Gasteiger partial charge in [0.25, 0.3) is 0 Å². The topological polar surface area (TPSA) is 37.4 Å². The SMILES string of the molecule is CC1=C2CN(S(=O)(=O)c3ccc(C)cc3)CCC2CC1. The Bertz CT molecular complexity index is 644. The number of allylic oxidation sites excluding steroid dienone is 1. The maximum atomic E-state index is 12.7. The quantitative estimate of drug-likeness (QED) is 0.785. The number of sulfonamides is 1. The monoisotopic (exact) mass is 291 g/mol. The molecule has 0 aromatic heterocycles. The zero-order chi connectivity index (χ0) is 14.3. The van der Waals surface area contributed by atoms with Gasteiger partial charge < -0.3 is 0 Å². The Labute approximate surface area is 121 Å². The van der Waals surface area contributed by atoms with E-state index >= 15 is 0 Å². The molecule has 1 aliphatic heterocycles. The van der Waals surface area contributed by atoms with Gasteiger partial charge in [-0.25, -0.2) is 8.42 Å². The smallest absolute Gasteiger partial charge is 0.207 e. The van der Waals surface area contributed by atoms with Crippen molar-refractivity contribution in [3.05, 3.63) is 41.0 Å². The first-order chi connectivity index (χ1) is 9.48. The Hall–Kier alpha value is -1.13. The standard InChI is InChI=1S/C16H21NO2S/c1-12-3-7-15(8-4-12)20(18,19)17-10-9-14-6-5-13(2)16(14)11-17/h3-4,7-8,14H,5-6,9-11H2,1-2H3. The number of rotatable bonds is 2. The molecule has 0 amide bonds. The third-order valence-corrected chi connectivity index (χ3v) is 6.50. The van der Waals surface area contributed by atoms with Gasteiger partial charge in [0.15, 0.2) is 0 Å². The van der Waals surface area contributed by atoms with E-state index in [4.69, 9.17) is 0 Å². The van der Waals surface area contributed by atoms with Gasteiger partial charge >= 0.3 is 0 Å². The molecule has 4 heteroatoms. The molecule has 1 aromatic carbocycles. The van der Waals surface area contributed by atoms with E-state index in [9.17, 15) is 8.42 Å². The number of aryl methyl sites for hydroxylation is 1. The predicted molar refractivity (Wildman–Crippen MR) is 80.0 cm³/mol. The number of piperidine rings is 1. The Morgan fingerprint density at radius 3 is 2.50 bits per heavy atom. The Morgan fingerprint density at radius 2 is 1.80 bits per heavy atom. The van der Waals surface area contributed by atoms with Crippen molar-refractivity contribution in [3.63, 3.8) is 0 Å². The number of hydrogen-bond donors (Lipinski definition) is 0. The van der Waals surface area contributed by atoms with E-state index in [0.717, 1.165) is 18.4 Å². The number of fused-ring (bicyclic) bond motifs is 1. The zero-order valence-corrected chi connectivity index (χ0v) is 12.9. The summed E-state index contributed by atoms with van der Waals surface area (Å²) in [6.45, 7) is 5.36. The van der Waals surface area contributed by atoms with Crippen molar-refractivity contribution in [2.45, 2.75) is 38.0 Å². The molecule has 1 saturated heterocycles. The summed E-state index contributed by atoms with van der Waals surface area (Å²) in [5.74, 6) is 0.625. The van der Waals surface area contributed by atoms with Gasteiger partial charge in [0.05, 0.1) is 4.90 Å². The Balaban J connectivity index is 1.89. The molecule has 20 heavy (non-hydrogen) atoms. The van der Waals surface area contributed by atoms with Crippen LogP contribution in [0.3, 0.4) is 0 Å². The van der Waals surface area contributed by atoms with Crippen LogP contribution >= 0.6 is 0 Å². The van der Waals surface area contributed by atoms with Gasteiger partial charge in [-0.1, -0.05) is 28.8 Å². The maximum absolute atomic E-state index is 12.7. The van der Waals surface area contributed by atoms with Gasteiger partial charge in [0, 0.05) is 13.1 Å². The highest BCUT2D eigenvalue weighted by Crippen LogP contribution is 2.38. The summed E-state index contributed by atoms with van der Waals surface area (Å²) in [5.41, 5.74) is 3.85. The summed E-state index contributed by atoms with van der Waals surface area (Å²) in [7, 11) is -3.34. The lowest BCUT2D eigenvalue weighted by Crippen LogP contribution is -2.39. The number of nitrogens with zero attached hydrogens (tertiary/aromatic N) is 1. The second-order valence-electron chi connectivity index (χ2n) is 5.98. The number of hydrogen-bond acceptors (Lipinski definition) is 2. The van der Waals surface area contributed by atoms with Gasteiger partial charge in [-0.3, -0.25) is 0 Å². The van der Waals surface area contributed by atoms with E-state index in [-0.39, 0.29) is 0 Å². The van der Waals surface area contributed by atoms with Crippen LogP contribution in [0.25, 0.3) is 0 Å². The van der Waals surface area contributed by atoms with Crippen LogP contribution in [-0.4, -0.2) is 25.8 Å². The van der Waals surface area contributed by atoms with Gasteiger partial charge in [0.1, 0.15) is 0 Å². The second kappa shape index (κ2) is 5.01. The minimum atomic E-state index is -3.34. The third-order valence-electron chi connectivity index (χ3n) is 4.64. The molecular weight excluding hydrogens is 270 g/mol. The maximum Gasteiger partial charge on any atom is 0.243 e. The minimum Gasteiger partial charge on any atom is -0.207 e. The molecule has 1 heterocycles. The molecule has 108 valence electrons. The van der Waals surface area contributed by atoms with Crippen LogP contribution in [0.2, 0.25) is 0 Å². The summed E-state index contributed by atoms with van der Waals surface area (Å²) in [6.07, 6.45) is 3.32. The predicted octanol–water partition coefficient (Wildman–Crippen LogP) is 3.12. The van der Waals surface area contributed by atoms with Gasteiger partial charge in [0.2, 0.25) is 10.0 Å². The average Bonchev–Trinajstić information content (AvgIpc) is 2.80. The molecule has 0 radical (unpaired) electrons. The lowest BCUT2D eigenvalue weighted by Gasteiger charge is -2.31. The van der Waals surface area contributed by atoms with Gasteiger partial charge in [-0.15, -0.1) is 0 Å². The molecule has 1 atom stereocenters. The van der Waals surface area contributed by atoms with Gasteiger partial charge in [-0.05, 0) is 51.2 Å². The fraction of sp³-hybridized carbons (Fsp3) is 0.500. The average molecular weight is 291 g/mol. The van der Waals surface area contributed by atoms with Crippen LogP contribution in [0.4, 0.5) is 0 Å². The molecule has 1 unspecified atom stereocenters. The highest BCUT2D eigenvalue weighted by atomic mass is 32.2. The van der Waals surface area contributed by atoms with Crippen molar-refractivity contribution in [2.24, 2.45) is 5.92 Å². The summed E-state index contributed by atoms with van der Waals surface area (Å²) >= 11 is 0. The first-order valence-corrected chi connectivity index (χ1v) is 8.68. The highest BCUT2D eigenvalue weighted by molar-refractivity contribution is 7.89. The van der Waals surface area contributed by atoms with E-state index < -0.39 is 10.0 Å². The van der Waals surface area contributed by atoms with Crippen LogP contribution in [-0.2, 0) is 10.0 Å². The normalized spacial score (nSPS) is 24.0. The van der Waals surface area contributed by atoms with E-state index in [0.29, 0.717) is 23.9 Å². The second-order valence-corrected chi connectivity index (χ2v) is 7.92. The van der Waals surface area contributed by atoms with Crippen molar-refractivity contribution in [3.8, 4) is 0 Å². The molecule has 0 saturated carbocycles. The lowest BCUT2D eigenvalue weighted by molar-refractivity contribution is 0.342. The van der Waals surface area contributed by atoms with Crippen LogP contribution in [0.1, 0.15) is 31.7 Å². The molecular formula is C16H21NO2S. The molecule has 0 spiro atoms. The summed E-state index contributed by atoms with van der Waals surface area (Å²) < 4.78 is 27.0. The van der Waals surface area contributed by atoms with Crippen molar-refractivity contribution in [2.75, 3.05) is 13.1 Å². The van der Waals surface area contributed by atoms with E-state index in [2.05, 4.69) is 6.92 Å². The molecule has 3 rings (SSSR count). The lowest BCUT2D eigenvalue weighted by atomic mass is 9.94. The largest absolute Gasteiger partial charge is 0.243 e. The fourth-order valence-corrected chi connectivity index (χ4v) is 4.72. The molecule has 1 aliphatic carbocycles. The van der Waals surface area contributed by atoms with Gasteiger partial charge in [-0.2, -0.15) is 4.31 Å². The summed E-state index contributed by atoms with van der Waals surface area (Å²) in [6, 6.07) is 7.15. The van der Waals surface area contributed by atoms with Crippen LogP contribution in [0, 0.1) is 12.8 Å². The van der Waals surface area contributed by atoms with Crippen molar-refractivity contribution >= 4 is 10.0 Å². The number of benzene rings is 1. The van der Waals surface area contributed by atoms with Crippen molar-refractivity contribution < 1.29 is 8.42 Å². The first kappa shape index (κ1) is 13.8.